The summed E-state index contributed by atoms with van der Waals surface area (Å²) in [6.45, 7) is 9.17. The van der Waals surface area contributed by atoms with Crippen LogP contribution >= 0.6 is 12.4 Å². The van der Waals surface area contributed by atoms with Crippen LogP contribution in [-0.4, -0.2) is 55.0 Å². The van der Waals surface area contributed by atoms with Crippen molar-refractivity contribution in [2.24, 2.45) is 0 Å². The van der Waals surface area contributed by atoms with E-state index in [-0.39, 0.29) is 30.2 Å². The normalized spacial score (nSPS) is 16.1. The standard InChI is InChI=1S/C17H26FN3O.ClH/c1-3-20(14(2)15-4-6-16(18)7-5-15)11-8-17(22)21-12-9-19-10-13-21;/h4-7,14,19H,3,8-13H2,1-2H3;1H. The first-order valence-electron chi connectivity index (χ1n) is 8.09. The molecule has 0 aliphatic carbocycles. The van der Waals surface area contributed by atoms with Crippen molar-refractivity contribution in [3.8, 4) is 0 Å². The molecule has 1 aromatic carbocycles. The molecule has 0 spiro atoms. The number of amides is 1. The summed E-state index contributed by atoms with van der Waals surface area (Å²) in [4.78, 5) is 16.4. The van der Waals surface area contributed by atoms with E-state index in [1.54, 1.807) is 0 Å². The quantitative estimate of drug-likeness (QED) is 0.861. The van der Waals surface area contributed by atoms with E-state index in [2.05, 4.69) is 24.1 Å². The first-order chi connectivity index (χ1) is 10.6. The van der Waals surface area contributed by atoms with Gasteiger partial charge in [0.05, 0.1) is 0 Å². The van der Waals surface area contributed by atoms with Crippen molar-refractivity contribution in [1.29, 1.82) is 0 Å². The molecule has 1 aromatic rings. The second-order valence-corrected chi connectivity index (χ2v) is 5.74. The lowest BCUT2D eigenvalue weighted by molar-refractivity contribution is -0.132. The fraction of sp³-hybridized carbons (Fsp3) is 0.588. The lowest BCUT2D eigenvalue weighted by Crippen LogP contribution is -2.47. The van der Waals surface area contributed by atoms with Crippen molar-refractivity contribution < 1.29 is 9.18 Å². The summed E-state index contributed by atoms with van der Waals surface area (Å²) >= 11 is 0. The topological polar surface area (TPSA) is 35.6 Å². The number of nitrogens with zero attached hydrogens (tertiary/aromatic N) is 2. The van der Waals surface area contributed by atoms with E-state index in [1.165, 1.54) is 12.1 Å². The Bertz CT molecular complexity index is 477. The Hall–Kier alpha value is -1.17. The Labute approximate surface area is 144 Å². The van der Waals surface area contributed by atoms with Crippen LogP contribution in [0, 0.1) is 5.82 Å². The summed E-state index contributed by atoms with van der Waals surface area (Å²) in [5.74, 6) is 0.0131. The molecule has 1 aliphatic heterocycles. The van der Waals surface area contributed by atoms with E-state index in [0.717, 1.165) is 44.8 Å². The third kappa shape index (κ3) is 5.75. The maximum Gasteiger partial charge on any atom is 0.223 e. The van der Waals surface area contributed by atoms with Crippen molar-refractivity contribution >= 4 is 18.3 Å². The fourth-order valence-electron chi connectivity index (χ4n) is 2.89. The molecule has 0 aromatic heterocycles. The number of carbonyl (C=O) groups is 1. The van der Waals surface area contributed by atoms with Gasteiger partial charge in [-0.1, -0.05) is 19.1 Å². The van der Waals surface area contributed by atoms with Crippen LogP contribution in [0.25, 0.3) is 0 Å². The van der Waals surface area contributed by atoms with Gasteiger partial charge in [-0.2, -0.15) is 0 Å². The number of piperazine rings is 1. The van der Waals surface area contributed by atoms with Gasteiger partial charge in [0.15, 0.2) is 0 Å². The van der Waals surface area contributed by atoms with Crippen LogP contribution in [0.5, 0.6) is 0 Å². The maximum absolute atomic E-state index is 13.0. The molecule has 0 saturated carbocycles. The predicted molar refractivity (Wildman–Crippen MR) is 93.4 cm³/mol. The molecule has 1 heterocycles. The van der Waals surface area contributed by atoms with Crippen LogP contribution in [0.4, 0.5) is 4.39 Å². The van der Waals surface area contributed by atoms with E-state index >= 15 is 0 Å². The van der Waals surface area contributed by atoms with Gasteiger partial charge in [-0.05, 0) is 31.2 Å². The summed E-state index contributed by atoms with van der Waals surface area (Å²) in [7, 11) is 0. The molecule has 0 radical (unpaired) electrons. The Morgan fingerprint density at radius 3 is 2.48 bits per heavy atom. The molecule has 1 fully saturated rings. The molecule has 2 rings (SSSR count). The van der Waals surface area contributed by atoms with Gasteiger partial charge in [0.2, 0.25) is 5.91 Å². The SMILES string of the molecule is CCN(CCC(=O)N1CCNCC1)C(C)c1ccc(F)cc1.Cl. The number of nitrogens with one attached hydrogen (secondary N) is 1. The molecule has 1 amide bonds. The van der Waals surface area contributed by atoms with Gasteiger partial charge in [-0.25, -0.2) is 4.39 Å². The minimum Gasteiger partial charge on any atom is -0.340 e. The molecule has 1 N–H and O–H groups in total. The van der Waals surface area contributed by atoms with Crippen LogP contribution in [0.1, 0.15) is 31.9 Å². The lowest BCUT2D eigenvalue weighted by Gasteiger charge is -2.31. The van der Waals surface area contributed by atoms with E-state index in [1.807, 2.05) is 17.0 Å². The zero-order valence-corrected chi connectivity index (χ0v) is 14.7. The largest absolute Gasteiger partial charge is 0.340 e. The molecule has 1 aliphatic rings. The molecule has 4 nitrogen and oxygen atoms in total. The Morgan fingerprint density at radius 1 is 1.30 bits per heavy atom. The van der Waals surface area contributed by atoms with Gasteiger partial charge in [0.1, 0.15) is 5.82 Å². The third-order valence-electron chi connectivity index (χ3n) is 4.39. The van der Waals surface area contributed by atoms with Gasteiger partial charge >= 0.3 is 0 Å². The van der Waals surface area contributed by atoms with Gasteiger partial charge in [-0.3, -0.25) is 9.69 Å². The summed E-state index contributed by atoms with van der Waals surface area (Å²) in [6, 6.07) is 6.81. The third-order valence-corrected chi connectivity index (χ3v) is 4.39. The van der Waals surface area contributed by atoms with E-state index in [0.29, 0.717) is 6.42 Å². The van der Waals surface area contributed by atoms with Crippen molar-refractivity contribution in [2.45, 2.75) is 26.3 Å². The number of hydrogen-bond acceptors (Lipinski definition) is 3. The molecule has 1 atom stereocenters. The van der Waals surface area contributed by atoms with Crippen molar-refractivity contribution in [3.63, 3.8) is 0 Å². The van der Waals surface area contributed by atoms with Crippen LogP contribution in [0.2, 0.25) is 0 Å². The van der Waals surface area contributed by atoms with Gasteiger partial charge < -0.3 is 10.2 Å². The lowest BCUT2D eigenvalue weighted by atomic mass is 10.1. The second kappa shape index (κ2) is 9.85. The average Bonchev–Trinajstić information content (AvgIpc) is 2.56. The van der Waals surface area contributed by atoms with Crippen molar-refractivity contribution in [3.05, 3.63) is 35.6 Å². The molecule has 0 bridgehead atoms. The number of rotatable bonds is 6. The zero-order valence-electron chi connectivity index (χ0n) is 13.9. The van der Waals surface area contributed by atoms with Crippen LogP contribution < -0.4 is 5.32 Å². The first-order valence-corrected chi connectivity index (χ1v) is 8.09. The molecule has 130 valence electrons. The minimum atomic E-state index is -0.215. The van der Waals surface area contributed by atoms with Crippen molar-refractivity contribution in [1.82, 2.24) is 15.1 Å². The van der Waals surface area contributed by atoms with E-state index in [9.17, 15) is 9.18 Å². The van der Waals surface area contributed by atoms with Crippen molar-refractivity contribution in [2.75, 3.05) is 39.3 Å². The van der Waals surface area contributed by atoms with Gasteiger partial charge in [0, 0.05) is 45.2 Å². The smallest absolute Gasteiger partial charge is 0.223 e. The molecule has 6 heteroatoms. The molecular weight excluding hydrogens is 317 g/mol. The van der Waals surface area contributed by atoms with E-state index < -0.39 is 0 Å². The molecular formula is C17H27ClFN3O. The van der Waals surface area contributed by atoms with E-state index in [4.69, 9.17) is 0 Å². The van der Waals surface area contributed by atoms with Gasteiger partial charge in [-0.15, -0.1) is 12.4 Å². The zero-order chi connectivity index (χ0) is 15.9. The fourth-order valence-corrected chi connectivity index (χ4v) is 2.89. The molecule has 1 saturated heterocycles. The monoisotopic (exact) mass is 343 g/mol. The summed E-state index contributed by atoms with van der Waals surface area (Å²) in [6.07, 6.45) is 0.541. The summed E-state index contributed by atoms with van der Waals surface area (Å²) < 4.78 is 13.0. The van der Waals surface area contributed by atoms with Crippen LogP contribution in [0.3, 0.4) is 0 Å². The highest BCUT2D eigenvalue weighted by Crippen LogP contribution is 2.20. The van der Waals surface area contributed by atoms with Crippen LogP contribution in [0.15, 0.2) is 24.3 Å². The first kappa shape index (κ1) is 19.9. The summed E-state index contributed by atoms with van der Waals surface area (Å²) in [5.41, 5.74) is 1.08. The highest BCUT2D eigenvalue weighted by Gasteiger charge is 2.19. The second-order valence-electron chi connectivity index (χ2n) is 5.74. The minimum absolute atomic E-state index is 0. The Balaban J connectivity index is 0.00000264. The maximum atomic E-state index is 13.0. The average molecular weight is 344 g/mol. The highest BCUT2D eigenvalue weighted by molar-refractivity contribution is 5.85. The Morgan fingerprint density at radius 2 is 1.91 bits per heavy atom. The number of carbonyl (C=O) groups excluding carboxylic acids is 1. The van der Waals surface area contributed by atoms with Gasteiger partial charge in [0.25, 0.3) is 0 Å². The summed E-state index contributed by atoms with van der Waals surface area (Å²) in [5, 5.41) is 3.25. The Kier molecular flexibility index (Phi) is 8.52. The molecule has 23 heavy (non-hydrogen) atoms. The number of hydrogen-bond donors (Lipinski definition) is 1. The number of halogens is 2. The number of benzene rings is 1. The van der Waals surface area contributed by atoms with Crippen LogP contribution in [-0.2, 0) is 4.79 Å². The molecule has 1 unspecified atom stereocenters. The highest BCUT2D eigenvalue weighted by atomic mass is 35.5. The predicted octanol–water partition coefficient (Wildman–Crippen LogP) is 2.45.